The Hall–Kier alpha value is -1.33. The fraction of sp³-hybridized carbons (Fsp3) is 0.400. The van der Waals surface area contributed by atoms with Crippen LogP contribution in [-0.4, -0.2) is 49.1 Å². The van der Waals surface area contributed by atoms with Crippen LogP contribution < -0.4 is 10.5 Å². The Kier molecular flexibility index (Phi) is 5.00. The smallest absolute Gasteiger partial charge is 0.244 e. The average molecular weight is 312 g/mol. The van der Waals surface area contributed by atoms with Crippen molar-refractivity contribution in [1.29, 1.82) is 0 Å². The van der Waals surface area contributed by atoms with E-state index in [1.807, 2.05) is 0 Å². The molecule has 0 spiro atoms. The van der Waals surface area contributed by atoms with E-state index in [1.165, 1.54) is 0 Å². The lowest BCUT2D eigenvalue weighted by Crippen LogP contribution is -2.56. The van der Waals surface area contributed by atoms with Gasteiger partial charge in [0.2, 0.25) is 10.0 Å². The Morgan fingerprint density at radius 2 is 1.60 bits per heavy atom. The second kappa shape index (κ2) is 5.97. The molecule has 0 amide bonds. The number of rotatable bonds is 6. The first-order valence-corrected chi connectivity index (χ1v) is 6.81. The minimum absolute atomic E-state index is 0.294. The van der Waals surface area contributed by atoms with Gasteiger partial charge in [0.15, 0.2) is 0 Å². The number of aliphatic hydroxyl groups excluding tert-OH is 3. The molecule has 7 nitrogen and oxygen atoms in total. The lowest BCUT2D eigenvalue weighted by atomic mass is 10.1. The topological polar surface area (TPSA) is 133 Å². The van der Waals surface area contributed by atoms with E-state index < -0.39 is 57.6 Å². The lowest BCUT2D eigenvalue weighted by Gasteiger charge is -2.28. The zero-order valence-electron chi connectivity index (χ0n) is 10.2. The molecular formula is C10H14F2N2O5S. The van der Waals surface area contributed by atoms with Crippen LogP contribution in [0.2, 0.25) is 0 Å². The largest absolute Gasteiger partial charge is 0.396 e. The van der Waals surface area contributed by atoms with Crippen LogP contribution in [0.4, 0.5) is 14.5 Å². The summed E-state index contributed by atoms with van der Waals surface area (Å²) in [5, 5.41) is 27.1. The first-order valence-electron chi connectivity index (χ1n) is 5.32. The molecule has 0 aliphatic rings. The molecule has 1 aromatic rings. The van der Waals surface area contributed by atoms with Crippen LogP contribution in [-0.2, 0) is 10.0 Å². The maximum absolute atomic E-state index is 13.5. The number of nitrogens with one attached hydrogen (secondary N) is 1. The minimum Gasteiger partial charge on any atom is -0.396 e. The van der Waals surface area contributed by atoms with Crippen LogP contribution in [0.5, 0.6) is 0 Å². The minimum atomic E-state index is -4.58. The molecule has 0 fully saturated rings. The van der Waals surface area contributed by atoms with Crippen LogP contribution in [0, 0.1) is 11.6 Å². The summed E-state index contributed by atoms with van der Waals surface area (Å²) in [6.07, 6.45) is 0. The van der Waals surface area contributed by atoms with Gasteiger partial charge >= 0.3 is 0 Å². The molecule has 1 aromatic carbocycles. The molecule has 1 rings (SSSR count). The molecule has 0 aliphatic carbocycles. The Labute approximate surface area is 113 Å². The number of nitrogen functional groups attached to an aromatic ring is 1. The summed E-state index contributed by atoms with van der Waals surface area (Å²) in [4.78, 5) is -0.962. The number of sulfonamides is 1. The van der Waals surface area contributed by atoms with E-state index in [-0.39, 0.29) is 0 Å². The molecule has 0 saturated carbocycles. The van der Waals surface area contributed by atoms with Gasteiger partial charge in [0, 0.05) is 6.07 Å². The van der Waals surface area contributed by atoms with Crippen molar-refractivity contribution in [3.05, 3.63) is 23.8 Å². The molecule has 114 valence electrons. The van der Waals surface area contributed by atoms with E-state index in [0.717, 1.165) is 0 Å². The van der Waals surface area contributed by atoms with Crippen LogP contribution in [0.3, 0.4) is 0 Å². The SMILES string of the molecule is Nc1cc(S(=O)(=O)NC(CO)(CO)CO)c(F)cc1F. The van der Waals surface area contributed by atoms with Gasteiger partial charge in [-0.05, 0) is 6.07 Å². The maximum Gasteiger partial charge on any atom is 0.244 e. The van der Waals surface area contributed by atoms with Crippen LogP contribution in [0.1, 0.15) is 0 Å². The van der Waals surface area contributed by atoms with E-state index in [1.54, 1.807) is 4.72 Å². The van der Waals surface area contributed by atoms with Crippen molar-refractivity contribution in [3.63, 3.8) is 0 Å². The summed E-state index contributed by atoms with van der Waals surface area (Å²) < 4.78 is 52.2. The third kappa shape index (κ3) is 3.22. The Morgan fingerprint density at radius 3 is 2.05 bits per heavy atom. The second-order valence-corrected chi connectivity index (χ2v) is 5.82. The van der Waals surface area contributed by atoms with Crippen LogP contribution >= 0.6 is 0 Å². The number of benzene rings is 1. The molecule has 0 bridgehead atoms. The second-order valence-electron chi connectivity index (χ2n) is 4.16. The predicted octanol–water partition coefficient (Wildman–Crippen LogP) is -1.46. The zero-order valence-corrected chi connectivity index (χ0v) is 11.0. The van der Waals surface area contributed by atoms with Gasteiger partial charge in [-0.1, -0.05) is 0 Å². The van der Waals surface area contributed by atoms with Crippen molar-refractivity contribution in [2.75, 3.05) is 25.6 Å². The molecule has 6 N–H and O–H groups in total. The molecule has 0 radical (unpaired) electrons. The van der Waals surface area contributed by atoms with E-state index in [2.05, 4.69) is 0 Å². The standard InChI is InChI=1S/C10H14F2N2O5S/c11-6-1-7(12)9(2-8(6)13)20(18,19)14-10(3-15,4-16)5-17/h1-2,14-17H,3-5,13H2. The van der Waals surface area contributed by atoms with Crippen LogP contribution in [0.15, 0.2) is 17.0 Å². The first-order chi connectivity index (χ1) is 9.21. The summed E-state index contributed by atoms with van der Waals surface area (Å²) in [6, 6.07) is 0.853. The number of aliphatic hydroxyl groups is 3. The highest BCUT2D eigenvalue weighted by molar-refractivity contribution is 7.89. The van der Waals surface area contributed by atoms with Gasteiger partial charge in [0.05, 0.1) is 25.5 Å². The van der Waals surface area contributed by atoms with Crippen molar-refractivity contribution >= 4 is 15.7 Å². The van der Waals surface area contributed by atoms with E-state index in [4.69, 9.17) is 21.1 Å². The summed E-state index contributed by atoms with van der Waals surface area (Å²) in [5.74, 6) is -2.52. The fourth-order valence-electron chi connectivity index (χ4n) is 1.34. The number of nitrogens with two attached hydrogens (primary N) is 1. The third-order valence-electron chi connectivity index (χ3n) is 2.60. The highest BCUT2D eigenvalue weighted by Crippen LogP contribution is 2.22. The van der Waals surface area contributed by atoms with Crippen molar-refractivity contribution in [2.45, 2.75) is 10.4 Å². The molecule has 0 heterocycles. The Balaban J connectivity index is 3.28. The van der Waals surface area contributed by atoms with Gasteiger partial charge in [0.25, 0.3) is 0 Å². The maximum atomic E-state index is 13.5. The molecule has 0 aliphatic heterocycles. The number of hydrogen-bond donors (Lipinski definition) is 5. The van der Waals surface area contributed by atoms with Gasteiger partial charge < -0.3 is 21.1 Å². The molecule has 10 heteroatoms. The first kappa shape index (κ1) is 16.7. The van der Waals surface area contributed by atoms with Crippen LogP contribution in [0.25, 0.3) is 0 Å². The quantitative estimate of drug-likeness (QED) is 0.408. The van der Waals surface area contributed by atoms with Gasteiger partial charge in [-0.3, -0.25) is 0 Å². The highest BCUT2D eigenvalue weighted by atomic mass is 32.2. The van der Waals surface area contributed by atoms with E-state index in [0.29, 0.717) is 12.1 Å². The van der Waals surface area contributed by atoms with Crippen molar-refractivity contribution in [3.8, 4) is 0 Å². The Morgan fingerprint density at radius 1 is 1.10 bits per heavy atom. The van der Waals surface area contributed by atoms with Crippen molar-refractivity contribution in [1.82, 2.24) is 4.72 Å². The molecular weight excluding hydrogens is 298 g/mol. The normalized spacial score (nSPS) is 12.7. The zero-order chi connectivity index (χ0) is 15.6. The van der Waals surface area contributed by atoms with E-state index in [9.17, 15) is 17.2 Å². The lowest BCUT2D eigenvalue weighted by molar-refractivity contribution is 0.0581. The molecule has 20 heavy (non-hydrogen) atoms. The summed E-state index contributed by atoms with van der Waals surface area (Å²) in [7, 11) is -4.58. The Bertz CT molecular complexity index is 581. The van der Waals surface area contributed by atoms with Crippen molar-refractivity contribution in [2.24, 2.45) is 0 Å². The summed E-state index contributed by atoms with van der Waals surface area (Å²) in [6.45, 7) is -2.80. The van der Waals surface area contributed by atoms with Gasteiger partial charge in [-0.25, -0.2) is 17.2 Å². The molecule has 0 atom stereocenters. The molecule has 0 unspecified atom stereocenters. The number of hydrogen-bond acceptors (Lipinski definition) is 6. The number of anilines is 1. The van der Waals surface area contributed by atoms with E-state index >= 15 is 0 Å². The third-order valence-corrected chi connectivity index (χ3v) is 4.19. The summed E-state index contributed by atoms with van der Waals surface area (Å²) in [5.41, 5.74) is 2.60. The van der Waals surface area contributed by atoms with Gasteiger partial charge in [0.1, 0.15) is 22.1 Å². The monoisotopic (exact) mass is 312 g/mol. The average Bonchev–Trinajstić information content (AvgIpc) is 2.40. The van der Waals surface area contributed by atoms with Crippen molar-refractivity contribution < 1.29 is 32.5 Å². The summed E-state index contributed by atoms with van der Waals surface area (Å²) >= 11 is 0. The highest BCUT2D eigenvalue weighted by Gasteiger charge is 2.35. The predicted molar refractivity (Wildman–Crippen MR) is 65.1 cm³/mol. The number of halogens is 2. The van der Waals surface area contributed by atoms with Gasteiger partial charge in [-0.15, -0.1) is 0 Å². The van der Waals surface area contributed by atoms with Gasteiger partial charge in [-0.2, -0.15) is 4.72 Å². The molecule has 0 aromatic heterocycles. The fourth-order valence-corrected chi connectivity index (χ4v) is 2.81. The molecule has 0 saturated heterocycles.